The molecule has 0 amide bonds. The number of aromatic carboxylic acids is 1. The van der Waals surface area contributed by atoms with Gasteiger partial charge in [-0.15, -0.1) is 0 Å². The summed E-state index contributed by atoms with van der Waals surface area (Å²) in [5.74, 6) is -7.33. The maximum Gasteiger partial charge on any atom is 0.341 e. The van der Waals surface area contributed by atoms with Crippen LogP contribution < -0.4 is 16.1 Å². The Morgan fingerprint density at radius 1 is 1.18 bits per heavy atom. The Labute approximate surface area is 186 Å². The monoisotopic (exact) mass is 484 g/mol. The first-order valence-electron chi connectivity index (χ1n) is 9.19. The molecular weight excluding hydrogens is 472 g/mol. The zero-order chi connectivity index (χ0) is 24.2. The molecule has 4 rings (SSSR count). The largest absolute Gasteiger partial charge is 0.477 e. The van der Waals surface area contributed by atoms with E-state index in [0.717, 1.165) is 16.8 Å². The van der Waals surface area contributed by atoms with E-state index in [4.69, 9.17) is 22.4 Å². The molecule has 13 heteroatoms. The molecule has 0 spiro atoms. The summed E-state index contributed by atoms with van der Waals surface area (Å²) in [5, 5.41) is 17.3. The molecule has 4 N–H and O–H groups in total. The van der Waals surface area contributed by atoms with Gasteiger partial charge in [0.15, 0.2) is 23.3 Å². The number of rotatable bonds is 4. The van der Waals surface area contributed by atoms with Crippen molar-refractivity contribution in [2.24, 2.45) is 0 Å². The lowest BCUT2D eigenvalue weighted by atomic mass is 10.0. The summed E-state index contributed by atoms with van der Waals surface area (Å²) in [6.45, 7) is -1.07. The third kappa shape index (κ3) is 3.56. The predicted octanol–water partition coefficient (Wildman–Crippen LogP) is 2.77. The SMILES string of the molecule is Nc1nc(-n2cc(C(=O)O)c(=O)c3cc(F)c(N4CC(=C(F)CO)C4)c(Cl)c32)c(F)cc1F. The number of nitrogen functional groups attached to an aromatic ring is 1. The fourth-order valence-electron chi connectivity index (χ4n) is 3.51. The number of halogens is 5. The second-order valence-electron chi connectivity index (χ2n) is 7.15. The smallest absolute Gasteiger partial charge is 0.341 e. The second kappa shape index (κ2) is 8.05. The van der Waals surface area contributed by atoms with Crippen molar-refractivity contribution in [2.75, 3.05) is 30.3 Å². The molecule has 1 fully saturated rings. The molecule has 1 saturated heterocycles. The van der Waals surface area contributed by atoms with Gasteiger partial charge in [-0.05, 0) is 6.07 Å². The lowest BCUT2D eigenvalue weighted by molar-refractivity contribution is 0.0695. The first kappa shape index (κ1) is 22.6. The van der Waals surface area contributed by atoms with Gasteiger partial charge < -0.3 is 20.8 Å². The molecular formula is C20H13ClF4N4O4. The fourth-order valence-corrected chi connectivity index (χ4v) is 3.91. The van der Waals surface area contributed by atoms with Gasteiger partial charge in [-0.2, -0.15) is 0 Å². The van der Waals surface area contributed by atoms with Crippen LogP contribution in [0.25, 0.3) is 16.7 Å². The maximum atomic E-state index is 15.0. The van der Waals surface area contributed by atoms with Crippen molar-refractivity contribution in [3.8, 4) is 5.82 Å². The van der Waals surface area contributed by atoms with Crippen molar-refractivity contribution >= 4 is 40.0 Å². The van der Waals surface area contributed by atoms with Crippen LogP contribution in [-0.2, 0) is 0 Å². The number of hydrogen-bond donors (Lipinski definition) is 3. The second-order valence-corrected chi connectivity index (χ2v) is 7.53. The summed E-state index contributed by atoms with van der Waals surface area (Å²) < 4.78 is 57.5. The van der Waals surface area contributed by atoms with E-state index in [-0.39, 0.29) is 29.9 Å². The number of anilines is 2. The molecule has 0 unspecified atom stereocenters. The molecule has 0 radical (unpaired) electrons. The van der Waals surface area contributed by atoms with Crippen LogP contribution in [0.15, 0.2) is 34.5 Å². The molecule has 1 aliphatic rings. The molecule has 3 heterocycles. The molecule has 1 aliphatic heterocycles. The molecule has 0 saturated carbocycles. The van der Waals surface area contributed by atoms with Gasteiger partial charge in [0.05, 0.1) is 28.2 Å². The summed E-state index contributed by atoms with van der Waals surface area (Å²) in [6.07, 6.45) is 0.718. The van der Waals surface area contributed by atoms with E-state index in [1.807, 2.05) is 0 Å². The van der Waals surface area contributed by atoms with Crippen LogP contribution >= 0.6 is 11.6 Å². The lowest BCUT2D eigenvalue weighted by Crippen LogP contribution is -2.42. The third-order valence-corrected chi connectivity index (χ3v) is 5.51. The van der Waals surface area contributed by atoms with Gasteiger partial charge in [0.2, 0.25) is 5.43 Å². The summed E-state index contributed by atoms with van der Waals surface area (Å²) in [7, 11) is 0. The number of carboxylic acid groups (broad SMARTS) is 1. The minimum atomic E-state index is -1.69. The predicted molar refractivity (Wildman–Crippen MR) is 111 cm³/mol. The number of nitrogens with zero attached hydrogens (tertiary/aromatic N) is 3. The van der Waals surface area contributed by atoms with Crippen molar-refractivity contribution in [3.05, 3.63) is 68.0 Å². The lowest BCUT2D eigenvalue weighted by Gasteiger charge is -2.37. The van der Waals surface area contributed by atoms with Crippen molar-refractivity contribution in [1.29, 1.82) is 0 Å². The van der Waals surface area contributed by atoms with E-state index in [1.165, 1.54) is 4.90 Å². The van der Waals surface area contributed by atoms with Crippen LogP contribution in [0.2, 0.25) is 5.02 Å². The summed E-state index contributed by atoms with van der Waals surface area (Å²) in [4.78, 5) is 29.1. The van der Waals surface area contributed by atoms with Gasteiger partial charge in [0.1, 0.15) is 17.2 Å². The van der Waals surface area contributed by atoms with Gasteiger partial charge >= 0.3 is 5.97 Å². The number of pyridine rings is 2. The standard InChI is InChI=1S/C20H13ClF4N4O4/c21-14-15-8(1-10(22)16(14)28-3-7(4-28)13(25)6-30)17(31)9(20(32)33)5-29(15)19-12(24)2-11(23)18(26)27-19/h1-2,5,30H,3-4,6H2,(H2,26,27)(H,32,33). The maximum absolute atomic E-state index is 15.0. The van der Waals surface area contributed by atoms with Crippen molar-refractivity contribution in [2.45, 2.75) is 0 Å². The number of aromatic nitrogens is 2. The minimum Gasteiger partial charge on any atom is -0.477 e. The zero-order valence-electron chi connectivity index (χ0n) is 16.4. The van der Waals surface area contributed by atoms with Crippen molar-refractivity contribution in [3.63, 3.8) is 0 Å². The highest BCUT2D eigenvalue weighted by molar-refractivity contribution is 6.38. The van der Waals surface area contributed by atoms with E-state index < -0.39 is 68.9 Å². The number of aliphatic hydroxyl groups is 1. The Bertz CT molecular complexity index is 1430. The number of carboxylic acids is 1. The fraction of sp³-hybridized carbons (Fsp3) is 0.150. The van der Waals surface area contributed by atoms with Crippen LogP contribution in [0.1, 0.15) is 10.4 Å². The van der Waals surface area contributed by atoms with Gasteiger partial charge in [-0.25, -0.2) is 27.3 Å². The van der Waals surface area contributed by atoms with Crippen LogP contribution in [0.3, 0.4) is 0 Å². The van der Waals surface area contributed by atoms with E-state index >= 15 is 0 Å². The number of hydrogen-bond acceptors (Lipinski definition) is 6. The number of carbonyl (C=O) groups is 1. The van der Waals surface area contributed by atoms with Gasteiger partial charge in [0, 0.05) is 30.9 Å². The summed E-state index contributed by atoms with van der Waals surface area (Å²) >= 11 is 6.39. The number of aliphatic hydroxyl groups excluding tert-OH is 1. The molecule has 8 nitrogen and oxygen atoms in total. The van der Waals surface area contributed by atoms with Crippen LogP contribution in [0, 0.1) is 17.5 Å². The first-order valence-corrected chi connectivity index (χ1v) is 9.57. The first-order chi connectivity index (χ1) is 15.5. The molecule has 0 aliphatic carbocycles. The molecule has 172 valence electrons. The Kier molecular flexibility index (Phi) is 5.50. The van der Waals surface area contributed by atoms with Crippen LogP contribution in [0.4, 0.5) is 29.1 Å². The molecule has 0 atom stereocenters. The Morgan fingerprint density at radius 2 is 1.85 bits per heavy atom. The Balaban J connectivity index is 2.05. The minimum absolute atomic E-state index is 0.123. The molecule has 1 aromatic carbocycles. The van der Waals surface area contributed by atoms with Gasteiger partial charge in [0.25, 0.3) is 0 Å². The van der Waals surface area contributed by atoms with Crippen LogP contribution in [0.5, 0.6) is 0 Å². The van der Waals surface area contributed by atoms with E-state index in [0.29, 0.717) is 6.07 Å². The van der Waals surface area contributed by atoms with Crippen molar-refractivity contribution < 1.29 is 32.6 Å². The summed E-state index contributed by atoms with van der Waals surface area (Å²) in [6, 6.07) is 1.13. The van der Waals surface area contributed by atoms with E-state index in [9.17, 15) is 32.3 Å². The van der Waals surface area contributed by atoms with Gasteiger partial charge in [-0.3, -0.25) is 9.36 Å². The molecule has 33 heavy (non-hydrogen) atoms. The number of fused-ring (bicyclic) bond motifs is 1. The average Bonchev–Trinajstić information content (AvgIpc) is 2.72. The third-order valence-electron chi connectivity index (χ3n) is 5.16. The highest BCUT2D eigenvalue weighted by Gasteiger charge is 2.31. The quantitative estimate of drug-likeness (QED) is 0.487. The van der Waals surface area contributed by atoms with E-state index in [2.05, 4.69) is 4.98 Å². The Morgan fingerprint density at radius 3 is 2.45 bits per heavy atom. The molecule has 3 aromatic rings. The topological polar surface area (TPSA) is 122 Å². The molecule has 2 aromatic heterocycles. The highest BCUT2D eigenvalue weighted by atomic mass is 35.5. The average molecular weight is 485 g/mol. The van der Waals surface area contributed by atoms with Crippen molar-refractivity contribution in [1.82, 2.24) is 9.55 Å². The zero-order valence-corrected chi connectivity index (χ0v) is 17.1. The Hall–Kier alpha value is -3.64. The normalized spacial score (nSPS) is 13.4. The van der Waals surface area contributed by atoms with E-state index in [1.54, 1.807) is 0 Å². The van der Waals surface area contributed by atoms with Gasteiger partial charge in [-0.1, -0.05) is 11.6 Å². The summed E-state index contributed by atoms with van der Waals surface area (Å²) in [5.41, 5.74) is 3.07. The number of nitrogens with two attached hydrogens (primary N) is 1. The number of benzene rings is 1. The molecule has 0 bridgehead atoms. The van der Waals surface area contributed by atoms with Crippen LogP contribution in [-0.4, -0.2) is 45.4 Å². The highest BCUT2D eigenvalue weighted by Crippen LogP contribution is 2.40.